The van der Waals surface area contributed by atoms with Gasteiger partial charge in [0.25, 0.3) is 0 Å². The molecule has 0 bridgehead atoms. The van der Waals surface area contributed by atoms with E-state index in [0.717, 1.165) is 18.9 Å². The maximum atomic E-state index is 8.58. The van der Waals surface area contributed by atoms with Crippen LogP contribution in [0.2, 0.25) is 0 Å². The molecule has 2 rings (SSSR count). The number of hydrogen-bond donors (Lipinski definition) is 2. The molecule has 0 aliphatic carbocycles. The normalized spacial score (nSPS) is 25.2. The van der Waals surface area contributed by atoms with Gasteiger partial charge in [0, 0.05) is 24.8 Å². The summed E-state index contributed by atoms with van der Waals surface area (Å²) >= 11 is 0. The quantitative estimate of drug-likeness (QED) is 0.351. The van der Waals surface area contributed by atoms with Crippen LogP contribution in [-0.2, 0) is 4.74 Å². The molecule has 98 valence electrons. The van der Waals surface area contributed by atoms with Gasteiger partial charge in [-0.3, -0.25) is 0 Å². The van der Waals surface area contributed by atoms with Gasteiger partial charge >= 0.3 is 0 Å². The van der Waals surface area contributed by atoms with Crippen molar-refractivity contribution in [2.45, 2.75) is 26.1 Å². The lowest BCUT2D eigenvalue weighted by atomic mass is 10.2. The molecule has 1 fully saturated rings. The summed E-state index contributed by atoms with van der Waals surface area (Å²) in [5, 5.41) is 11.5. The first-order chi connectivity index (χ1) is 8.60. The molecule has 2 heterocycles. The van der Waals surface area contributed by atoms with E-state index in [-0.39, 0.29) is 18.0 Å². The number of hydrogen-bond acceptors (Lipinski definition) is 5. The van der Waals surface area contributed by atoms with Gasteiger partial charge in [-0.05, 0) is 26.0 Å². The van der Waals surface area contributed by atoms with Crippen LogP contribution in [0.15, 0.2) is 23.5 Å². The van der Waals surface area contributed by atoms with Gasteiger partial charge in [-0.2, -0.15) is 0 Å². The minimum atomic E-state index is 0.0674. The number of anilines is 1. The van der Waals surface area contributed by atoms with Gasteiger partial charge in [-0.25, -0.2) is 4.98 Å². The van der Waals surface area contributed by atoms with Gasteiger partial charge in [0.15, 0.2) is 5.84 Å². The molecule has 1 aliphatic rings. The van der Waals surface area contributed by atoms with Crippen molar-refractivity contribution in [3.8, 4) is 0 Å². The van der Waals surface area contributed by atoms with Crippen molar-refractivity contribution >= 4 is 11.7 Å². The van der Waals surface area contributed by atoms with Gasteiger partial charge in [-0.15, -0.1) is 0 Å². The standard InChI is InChI=1S/C12H18N4O2/c1-8-6-16(7-9(2)18-8)11-4-3-10(5-14-11)12(13)15-17/h3-5,8-9,17H,6-7H2,1-2H3,(H2,13,15). The van der Waals surface area contributed by atoms with E-state index < -0.39 is 0 Å². The lowest BCUT2D eigenvalue weighted by molar-refractivity contribution is -0.00545. The topological polar surface area (TPSA) is 84.0 Å². The fourth-order valence-electron chi connectivity index (χ4n) is 2.15. The van der Waals surface area contributed by atoms with Crippen LogP contribution in [0, 0.1) is 0 Å². The predicted molar refractivity (Wildman–Crippen MR) is 69.0 cm³/mol. The number of nitrogens with zero attached hydrogens (tertiary/aromatic N) is 3. The molecule has 3 N–H and O–H groups in total. The number of aromatic nitrogens is 1. The minimum Gasteiger partial charge on any atom is -0.409 e. The fourth-order valence-corrected chi connectivity index (χ4v) is 2.15. The molecule has 1 aromatic rings. The van der Waals surface area contributed by atoms with Crippen molar-refractivity contribution in [1.29, 1.82) is 0 Å². The summed E-state index contributed by atoms with van der Waals surface area (Å²) in [4.78, 5) is 6.51. The monoisotopic (exact) mass is 250 g/mol. The van der Waals surface area contributed by atoms with Crippen molar-refractivity contribution < 1.29 is 9.94 Å². The Morgan fingerprint density at radius 2 is 2.11 bits per heavy atom. The average molecular weight is 250 g/mol. The molecule has 1 saturated heterocycles. The first-order valence-corrected chi connectivity index (χ1v) is 5.94. The summed E-state index contributed by atoms with van der Waals surface area (Å²) in [5.74, 6) is 0.948. The number of nitrogens with two attached hydrogens (primary N) is 1. The van der Waals surface area contributed by atoms with Crippen LogP contribution in [0.5, 0.6) is 0 Å². The van der Waals surface area contributed by atoms with Gasteiger partial charge in [-0.1, -0.05) is 5.16 Å². The van der Waals surface area contributed by atoms with E-state index in [1.807, 2.05) is 19.9 Å². The Morgan fingerprint density at radius 1 is 1.44 bits per heavy atom. The number of pyridine rings is 1. The van der Waals surface area contributed by atoms with E-state index in [4.69, 9.17) is 15.7 Å². The third-order valence-electron chi connectivity index (χ3n) is 2.89. The van der Waals surface area contributed by atoms with Crippen LogP contribution in [0.25, 0.3) is 0 Å². The second-order valence-corrected chi connectivity index (χ2v) is 4.55. The second-order valence-electron chi connectivity index (χ2n) is 4.55. The number of oxime groups is 1. The Hall–Kier alpha value is -1.82. The molecule has 6 nitrogen and oxygen atoms in total. The summed E-state index contributed by atoms with van der Waals surface area (Å²) in [5.41, 5.74) is 6.10. The number of morpholine rings is 1. The highest BCUT2D eigenvalue weighted by molar-refractivity contribution is 5.96. The first kappa shape index (κ1) is 12.6. The molecule has 0 radical (unpaired) electrons. The highest BCUT2D eigenvalue weighted by Gasteiger charge is 2.22. The zero-order valence-electron chi connectivity index (χ0n) is 10.6. The van der Waals surface area contributed by atoms with Crippen LogP contribution in [-0.4, -0.2) is 41.3 Å². The molecular formula is C12H18N4O2. The maximum absolute atomic E-state index is 8.58. The first-order valence-electron chi connectivity index (χ1n) is 5.94. The van der Waals surface area contributed by atoms with E-state index in [1.54, 1.807) is 12.3 Å². The zero-order valence-corrected chi connectivity index (χ0v) is 10.6. The molecule has 0 amide bonds. The summed E-state index contributed by atoms with van der Waals surface area (Å²) < 4.78 is 5.68. The molecule has 2 unspecified atom stereocenters. The molecule has 2 atom stereocenters. The Bertz CT molecular complexity index is 422. The molecular weight excluding hydrogens is 232 g/mol. The molecule has 0 saturated carbocycles. The molecule has 1 aliphatic heterocycles. The van der Waals surface area contributed by atoms with E-state index in [1.165, 1.54) is 0 Å². The van der Waals surface area contributed by atoms with Crippen LogP contribution < -0.4 is 10.6 Å². The highest BCUT2D eigenvalue weighted by atomic mass is 16.5. The van der Waals surface area contributed by atoms with Crippen LogP contribution >= 0.6 is 0 Å². The molecule has 0 aromatic carbocycles. The summed E-state index contributed by atoms with van der Waals surface area (Å²) in [6, 6.07) is 3.67. The summed E-state index contributed by atoms with van der Waals surface area (Å²) in [6.45, 7) is 5.74. The van der Waals surface area contributed by atoms with E-state index in [2.05, 4.69) is 15.0 Å². The molecule has 18 heavy (non-hydrogen) atoms. The third-order valence-corrected chi connectivity index (χ3v) is 2.89. The minimum absolute atomic E-state index is 0.0674. The van der Waals surface area contributed by atoms with Crippen molar-refractivity contribution in [2.24, 2.45) is 10.9 Å². The summed E-state index contributed by atoms with van der Waals surface area (Å²) in [7, 11) is 0. The lowest BCUT2D eigenvalue weighted by Crippen LogP contribution is -2.45. The van der Waals surface area contributed by atoms with Crippen molar-refractivity contribution in [1.82, 2.24) is 4.98 Å². The third kappa shape index (κ3) is 2.70. The number of amidine groups is 1. The number of rotatable bonds is 2. The summed E-state index contributed by atoms with van der Waals surface area (Å²) in [6.07, 6.45) is 1.99. The Labute approximate surface area is 106 Å². The van der Waals surface area contributed by atoms with Gasteiger partial charge in [0.2, 0.25) is 0 Å². The average Bonchev–Trinajstić information content (AvgIpc) is 2.37. The zero-order chi connectivity index (χ0) is 13.1. The molecule has 1 aromatic heterocycles. The van der Waals surface area contributed by atoms with Crippen LogP contribution in [0.3, 0.4) is 0 Å². The van der Waals surface area contributed by atoms with E-state index >= 15 is 0 Å². The van der Waals surface area contributed by atoms with Gasteiger partial charge < -0.3 is 20.6 Å². The molecule has 6 heteroatoms. The Morgan fingerprint density at radius 3 is 2.61 bits per heavy atom. The fraction of sp³-hybridized carbons (Fsp3) is 0.500. The smallest absolute Gasteiger partial charge is 0.171 e. The largest absolute Gasteiger partial charge is 0.409 e. The van der Waals surface area contributed by atoms with Crippen molar-refractivity contribution in [2.75, 3.05) is 18.0 Å². The van der Waals surface area contributed by atoms with E-state index in [9.17, 15) is 0 Å². The molecule has 0 spiro atoms. The Balaban J connectivity index is 2.14. The lowest BCUT2D eigenvalue weighted by Gasteiger charge is -2.36. The van der Waals surface area contributed by atoms with Gasteiger partial charge in [0.05, 0.1) is 12.2 Å². The Kier molecular flexibility index (Phi) is 3.66. The SMILES string of the molecule is CC1CN(c2ccc(/C(N)=N/O)cn2)CC(C)O1. The second kappa shape index (κ2) is 5.22. The number of ether oxygens (including phenoxy) is 1. The predicted octanol–water partition coefficient (Wildman–Crippen LogP) is 0.790. The van der Waals surface area contributed by atoms with Crippen molar-refractivity contribution in [3.05, 3.63) is 23.9 Å². The van der Waals surface area contributed by atoms with Crippen molar-refractivity contribution in [3.63, 3.8) is 0 Å². The van der Waals surface area contributed by atoms with Crippen LogP contribution in [0.4, 0.5) is 5.82 Å². The van der Waals surface area contributed by atoms with Gasteiger partial charge in [0.1, 0.15) is 5.82 Å². The maximum Gasteiger partial charge on any atom is 0.171 e. The van der Waals surface area contributed by atoms with Crippen LogP contribution in [0.1, 0.15) is 19.4 Å². The van der Waals surface area contributed by atoms with E-state index in [0.29, 0.717) is 5.56 Å². The highest BCUT2D eigenvalue weighted by Crippen LogP contribution is 2.18.